The van der Waals surface area contributed by atoms with Crippen LogP contribution in [-0.4, -0.2) is 24.3 Å². The van der Waals surface area contributed by atoms with Crippen LogP contribution in [0.25, 0.3) is 0 Å². The van der Waals surface area contributed by atoms with Crippen LogP contribution in [0.3, 0.4) is 0 Å². The van der Waals surface area contributed by atoms with Gasteiger partial charge < -0.3 is 15.5 Å². The van der Waals surface area contributed by atoms with Gasteiger partial charge in [0.2, 0.25) is 17.7 Å². The Hall–Kier alpha value is -2.86. The van der Waals surface area contributed by atoms with Crippen molar-refractivity contribution in [2.45, 2.75) is 13.3 Å². The Morgan fingerprint density at radius 3 is 2.42 bits per heavy atom. The fourth-order valence-corrected chi connectivity index (χ4v) is 3.04. The van der Waals surface area contributed by atoms with Gasteiger partial charge in [-0.15, -0.1) is 0 Å². The molecule has 2 N–H and O–H groups in total. The molecule has 0 radical (unpaired) electrons. The van der Waals surface area contributed by atoms with Crippen molar-refractivity contribution in [1.29, 1.82) is 0 Å². The Kier molecular flexibility index (Phi) is 5.23. The first-order valence-corrected chi connectivity index (χ1v) is 8.55. The summed E-state index contributed by atoms with van der Waals surface area (Å²) in [6, 6.07) is 13.9. The van der Waals surface area contributed by atoms with Crippen molar-refractivity contribution in [1.82, 2.24) is 0 Å². The van der Waals surface area contributed by atoms with Gasteiger partial charge in [-0.1, -0.05) is 23.7 Å². The van der Waals surface area contributed by atoms with Crippen LogP contribution < -0.4 is 15.5 Å². The van der Waals surface area contributed by atoms with Crippen LogP contribution in [0.4, 0.5) is 17.1 Å². The Morgan fingerprint density at radius 2 is 1.77 bits per heavy atom. The quantitative estimate of drug-likeness (QED) is 0.865. The minimum atomic E-state index is -0.450. The Balaban J connectivity index is 1.67. The third-order valence-corrected chi connectivity index (χ3v) is 4.46. The Labute approximate surface area is 156 Å². The van der Waals surface area contributed by atoms with E-state index in [0.717, 1.165) is 0 Å². The fourth-order valence-electron chi connectivity index (χ4n) is 2.86. The number of nitrogens with one attached hydrogen (secondary N) is 2. The average Bonchev–Trinajstić information content (AvgIpc) is 2.99. The van der Waals surface area contributed by atoms with E-state index in [2.05, 4.69) is 10.6 Å². The number of carbonyl (C=O) groups excluding carboxylic acids is 3. The van der Waals surface area contributed by atoms with Crippen molar-refractivity contribution < 1.29 is 14.4 Å². The normalized spacial score (nSPS) is 16.5. The number of para-hydroxylation sites is 1. The predicted octanol–water partition coefficient (Wildman–Crippen LogP) is 3.29. The zero-order chi connectivity index (χ0) is 18.7. The summed E-state index contributed by atoms with van der Waals surface area (Å²) < 4.78 is 0. The lowest BCUT2D eigenvalue weighted by atomic mass is 10.1. The van der Waals surface area contributed by atoms with Crippen LogP contribution in [-0.2, 0) is 14.4 Å². The van der Waals surface area contributed by atoms with Gasteiger partial charge in [0, 0.05) is 31.3 Å². The van der Waals surface area contributed by atoms with E-state index in [-0.39, 0.29) is 24.1 Å². The fraction of sp³-hybridized carbons (Fsp3) is 0.211. The highest BCUT2D eigenvalue weighted by molar-refractivity contribution is 6.33. The first-order valence-electron chi connectivity index (χ1n) is 8.17. The summed E-state index contributed by atoms with van der Waals surface area (Å²) >= 11 is 6.06. The minimum absolute atomic E-state index is 0.114. The zero-order valence-corrected chi connectivity index (χ0v) is 14.9. The molecule has 0 saturated carbocycles. The lowest BCUT2D eigenvalue weighted by molar-refractivity contribution is -0.122. The summed E-state index contributed by atoms with van der Waals surface area (Å²) in [6.07, 6.45) is 0.143. The van der Waals surface area contributed by atoms with Crippen molar-refractivity contribution in [3.05, 3.63) is 53.6 Å². The maximum atomic E-state index is 12.5. The van der Waals surface area contributed by atoms with Gasteiger partial charge in [-0.2, -0.15) is 0 Å². The molecule has 3 amide bonds. The van der Waals surface area contributed by atoms with Gasteiger partial charge in [-0.05, 0) is 36.4 Å². The molecule has 1 aliphatic heterocycles. The molecule has 1 heterocycles. The van der Waals surface area contributed by atoms with Crippen LogP contribution in [0.5, 0.6) is 0 Å². The number of hydrogen-bond acceptors (Lipinski definition) is 3. The van der Waals surface area contributed by atoms with E-state index in [1.807, 2.05) is 0 Å². The zero-order valence-electron chi connectivity index (χ0n) is 14.2. The second kappa shape index (κ2) is 7.58. The van der Waals surface area contributed by atoms with E-state index >= 15 is 0 Å². The molecule has 1 unspecified atom stereocenters. The lowest BCUT2D eigenvalue weighted by Crippen LogP contribution is -2.28. The van der Waals surface area contributed by atoms with Crippen molar-refractivity contribution in [2.24, 2.45) is 5.92 Å². The van der Waals surface area contributed by atoms with E-state index in [9.17, 15) is 14.4 Å². The van der Waals surface area contributed by atoms with Crippen molar-refractivity contribution in [3.63, 3.8) is 0 Å². The van der Waals surface area contributed by atoms with Crippen LogP contribution in [0.2, 0.25) is 5.02 Å². The van der Waals surface area contributed by atoms with Crippen molar-refractivity contribution >= 4 is 46.4 Å². The summed E-state index contributed by atoms with van der Waals surface area (Å²) in [5, 5.41) is 5.91. The second-order valence-electron chi connectivity index (χ2n) is 6.10. The number of benzene rings is 2. The Morgan fingerprint density at radius 1 is 1.08 bits per heavy atom. The Bertz CT molecular complexity index is 851. The average molecular weight is 372 g/mol. The molecule has 0 spiro atoms. The van der Waals surface area contributed by atoms with Gasteiger partial charge in [0.15, 0.2) is 0 Å². The summed E-state index contributed by atoms with van der Waals surface area (Å²) in [7, 11) is 0. The van der Waals surface area contributed by atoms with Crippen LogP contribution in [0.1, 0.15) is 13.3 Å². The van der Waals surface area contributed by atoms with Gasteiger partial charge in [0.25, 0.3) is 0 Å². The summed E-state index contributed by atoms with van der Waals surface area (Å²) in [5.74, 6) is -0.958. The van der Waals surface area contributed by atoms with Crippen LogP contribution in [0.15, 0.2) is 48.5 Å². The molecule has 134 valence electrons. The molecule has 1 fully saturated rings. The number of carbonyl (C=O) groups is 3. The maximum Gasteiger partial charge on any atom is 0.229 e. The molecule has 0 aromatic heterocycles. The van der Waals surface area contributed by atoms with E-state index in [0.29, 0.717) is 28.6 Å². The van der Waals surface area contributed by atoms with Crippen LogP contribution >= 0.6 is 11.6 Å². The molecule has 6 nitrogen and oxygen atoms in total. The van der Waals surface area contributed by atoms with Crippen molar-refractivity contribution in [2.75, 3.05) is 22.1 Å². The van der Waals surface area contributed by atoms with E-state index in [1.165, 1.54) is 6.92 Å². The number of hydrogen-bond donors (Lipinski definition) is 2. The topological polar surface area (TPSA) is 78.5 Å². The standard InChI is InChI=1S/C19H18ClN3O3/c1-12(24)21-14-6-8-15(9-7-14)23-11-13(10-18(23)25)19(26)22-17-5-3-2-4-16(17)20/h2-9,13H,10-11H2,1H3,(H,21,24)(H,22,26). The smallest absolute Gasteiger partial charge is 0.229 e. The monoisotopic (exact) mass is 371 g/mol. The predicted molar refractivity (Wildman–Crippen MR) is 101 cm³/mol. The molecule has 0 aliphatic carbocycles. The first-order chi connectivity index (χ1) is 12.4. The lowest BCUT2D eigenvalue weighted by Gasteiger charge is -2.17. The van der Waals surface area contributed by atoms with Crippen molar-refractivity contribution in [3.8, 4) is 0 Å². The molecule has 3 rings (SSSR count). The van der Waals surface area contributed by atoms with Crippen LogP contribution in [0, 0.1) is 5.92 Å². The molecule has 7 heteroatoms. The molecule has 1 atom stereocenters. The molecule has 1 saturated heterocycles. The number of anilines is 3. The SMILES string of the molecule is CC(=O)Nc1ccc(N2CC(C(=O)Nc3ccccc3Cl)CC2=O)cc1. The maximum absolute atomic E-state index is 12.5. The number of amides is 3. The third-order valence-electron chi connectivity index (χ3n) is 4.13. The highest BCUT2D eigenvalue weighted by Crippen LogP contribution is 2.28. The molecule has 1 aliphatic rings. The van der Waals surface area contributed by atoms with Gasteiger partial charge >= 0.3 is 0 Å². The molecule has 2 aromatic rings. The largest absolute Gasteiger partial charge is 0.326 e. The number of halogens is 1. The summed E-state index contributed by atoms with van der Waals surface area (Å²) in [5.41, 5.74) is 1.88. The molecular weight excluding hydrogens is 354 g/mol. The summed E-state index contributed by atoms with van der Waals surface area (Å²) in [4.78, 5) is 37.4. The van der Waals surface area contributed by atoms with Gasteiger partial charge in [0.05, 0.1) is 16.6 Å². The third kappa shape index (κ3) is 4.03. The second-order valence-corrected chi connectivity index (χ2v) is 6.51. The molecule has 26 heavy (non-hydrogen) atoms. The molecule has 2 aromatic carbocycles. The van der Waals surface area contributed by atoms with E-state index in [4.69, 9.17) is 11.6 Å². The van der Waals surface area contributed by atoms with E-state index in [1.54, 1.807) is 53.4 Å². The van der Waals surface area contributed by atoms with E-state index < -0.39 is 5.92 Å². The minimum Gasteiger partial charge on any atom is -0.326 e. The highest BCUT2D eigenvalue weighted by Gasteiger charge is 2.35. The van der Waals surface area contributed by atoms with Gasteiger partial charge in [0.1, 0.15) is 0 Å². The highest BCUT2D eigenvalue weighted by atomic mass is 35.5. The summed E-state index contributed by atoms with van der Waals surface area (Å²) in [6.45, 7) is 1.73. The number of rotatable bonds is 4. The molecular formula is C19H18ClN3O3. The van der Waals surface area contributed by atoms with Gasteiger partial charge in [-0.25, -0.2) is 0 Å². The first kappa shape index (κ1) is 17.9. The van der Waals surface area contributed by atoms with Gasteiger partial charge in [-0.3, -0.25) is 14.4 Å². The molecule has 0 bridgehead atoms. The number of nitrogens with zero attached hydrogens (tertiary/aromatic N) is 1.